The van der Waals surface area contributed by atoms with Gasteiger partial charge in [-0.25, -0.2) is 0 Å². The van der Waals surface area contributed by atoms with Gasteiger partial charge in [0.1, 0.15) is 0 Å². The third-order valence-electron chi connectivity index (χ3n) is 0.827. The molecule has 2 heteroatoms. The fourth-order valence-electron chi connectivity index (χ4n) is 0.510. The number of rotatable bonds is 0. The van der Waals surface area contributed by atoms with Crippen LogP contribution in [0.25, 0.3) is 0 Å². The van der Waals surface area contributed by atoms with Crippen LogP contribution >= 0.6 is 11.8 Å². The Balaban J connectivity index is 0.000000250. The van der Waals surface area contributed by atoms with Crippen LogP contribution in [-0.2, 0) is 16.5 Å². The molecule has 1 saturated heterocycles. The van der Waals surface area contributed by atoms with Crippen molar-refractivity contribution in [2.24, 2.45) is 0 Å². The second kappa shape index (κ2) is 4.01. The van der Waals surface area contributed by atoms with E-state index in [1.54, 1.807) is 0 Å². The van der Waals surface area contributed by atoms with Gasteiger partial charge in [0.25, 0.3) is 0 Å². The van der Waals surface area contributed by atoms with Gasteiger partial charge in [-0.2, -0.15) is 11.8 Å². The van der Waals surface area contributed by atoms with E-state index < -0.39 is 0 Å². The molecule has 1 aliphatic rings. The molecule has 40 valence electrons. The Bertz CT molecular complexity index is 19.1. The standard InChI is InChI=1S/C4H8S.Ni/c1-2-4-5-3-1;/h1-4H2;. The summed E-state index contributed by atoms with van der Waals surface area (Å²) in [5.41, 5.74) is 0. The molecule has 0 aromatic rings. The summed E-state index contributed by atoms with van der Waals surface area (Å²) in [6.07, 6.45) is 2.93. The van der Waals surface area contributed by atoms with Gasteiger partial charge in [0, 0.05) is 16.5 Å². The summed E-state index contributed by atoms with van der Waals surface area (Å²) in [6.45, 7) is 0. The third-order valence-corrected chi connectivity index (χ3v) is 1.98. The van der Waals surface area contributed by atoms with Crippen LogP contribution in [0.15, 0.2) is 0 Å². The summed E-state index contributed by atoms with van der Waals surface area (Å²) in [5.74, 6) is 2.83. The first-order chi connectivity index (χ1) is 2.50. The van der Waals surface area contributed by atoms with Crippen molar-refractivity contribution in [1.82, 2.24) is 0 Å². The average Bonchev–Trinajstić information content (AvgIpc) is 1.76. The smallest absolute Gasteiger partial charge is 0 e. The van der Waals surface area contributed by atoms with Gasteiger partial charge in [0.15, 0.2) is 0 Å². The van der Waals surface area contributed by atoms with Gasteiger partial charge in [0.05, 0.1) is 0 Å². The van der Waals surface area contributed by atoms with Gasteiger partial charge in [0.2, 0.25) is 0 Å². The van der Waals surface area contributed by atoms with Crippen LogP contribution in [0, 0.1) is 0 Å². The largest absolute Gasteiger partial charge is 0.162 e. The summed E-state index contributed by atoms with van der Waals surface area (Å²) in [7, 11) is 0. The average molecular weight is 147 g/mol. The van der Waals surface area contributed by atoms with Crippen molar-refractivity contribution in [3.8, 4) is 0 Å². The predicted molar refractivity (Wildman–Crippen MR) is 26.6 cm³/mol. The van der Waals surface area contributed by atoms with Crippen molar-refractivity contribution in [1.29, 1.82) is 0 Å². The fourth-order valence-corrected chi connectivity index (χ4v) is 1.53. The van der Waals surface area contributed by atoms with E-state index in [9.17, 15) is 0 Å². The monoisotopic (exact) mass is 146 g/mol. The van der Waals surface area contributed by atoms with Gasteiger partial charge in [-0.1, -0.05) is 0 Å². The summed E-state index contributed by atoms with van der Waals surface area (Å²) >= 11 is 2.07. The summed E-state index contributed by atoms with van der Waals surface area (Å²) in [6, 6.07) is 0. The summed E-state index contributed by atoms with van der Waals surface area (Å²) in [4.78, 5) is 0. The van der Waals surface area contributed by atoms with Gasteiger partial charge < -0.3 is 0 Å². The zero-order valence-electron chi connectivity index (χ0n) is 3.55. The molecule has 0 amide bonds. The molecule has 0 atom stereocenters. The Morgan fingerprint density at radius 3 is 1.67 bits per heavy atom. The minimum atomic E-state index is 0. The molecule has 1 aliphatic heterocycles. The predicted octanol–water partition coefficient (Wildman–Crippen LogP) is 1.51. The molecule has 0 aromatic carbocycles. The summed E-state index contributed by atoms with van der Waals surface area (Å²) in [5, 5.41) is 0. The SMILES string of the molecule is C1CCSC1.[Ni]. The Kier molecular flexibility index (Phi) is 4.58. The molecule has 0 unspecified atom stereocenters. The molecule has 0 radical (unpaired) electrons. The second-order valence-electron chi connectivity index (χ2n) is 1.32. The van der Waals surface area contributed by atoms with Crippen LogP contribution in [0.2, 0.25) is 0 Å². The van der Waals surface area contributed by atoms with E-state index in [2.05, 4.69) is 11.8 Å². The molecule has 1 rings (SSSR count). The van der Waals surface area contributed by atoms with Crippen LogP contribution in [0.4, 0.5) is 0 Å². The first-order valence-corrected chi connectivity index (χ1v) is 3.23. The zero-order valence-corrected chi connectivity index (χ0v) is 5.36. The van der Waals surface area contributed by atoms with E-state index >= 15 is 0 Å². The molecule has 0 aliphatic carbocycles. The Morgan fingerprint density at radius 1 is 1.00 bits per heavy atom. The van der Waals surface area contributed by atoms with E-state index in [0.29, 0.717) is 0 Å². The third kappa shape index (κ3) is 2.10. The van der Waals surface area contributed by atoms with E-state index in [1.165, 1.54) is 24.3 Å². The summed E-state index contributed by atoms with van der Waals surface area (Å²) < 4.78 is 0. The van der Waals surface area contributed by atoms with Crippen LogP contribution in [-0.4, -0.2) is 11.5 Å². The van der Waals surface area contributed by atoms with Gasteiger partial charge in [-0.3, -0.25) is 0 Å². The molecule has 0 nitrogen and oxygen atoms in total. The van der Waals surface area contributed by atoms with Crippen molar-refractivity contribution in [2.45, 2.75) is 12.8 Å². The molecule has 0 bridgehead atoms. The van der Waals surface area contributed by atoms with Crippen LogP contribution in [0.5, 0.6) is 0 Å². The molecule has 1 fully saturated rings. The van der Waals surface area contributed by atoms with E-state index in [4.69, 9.17) is 0 Å². The Labute approximate surface area is 53.0 Å². The second-order valence-corrected chi connectivity index (χ2v) is 2.54. The number of hydrogen-bond acceptors (Lipinski definition) is 1. The Morgan fingerprint density at radius 2 is 1.50 bits per heavy atom. The van der Waals surface area contributed by atoms with Crippen molar-refractivity contribution in [2.75, 3.05) is 11.5 Å². The maximum absolute atomic E-state index is 2.07. The molecular weight excluding hydrogens is 139 g/mol. The van der Waals surface area contributed by atoms with Crippen molar-refractivity contribution in [3.05, 3.63) is 0 Å². The first kappa shape index (κ1) is 6.84. The number of hydrogen-bond donors (Lipinski definition) is 0. The molecule has 6 heavy (non-hydrogen) atoms. The maximum atomic E-state index is 2.07. The molecule has 0 spiro atoms. The molecular formula is C4H8NiS. The molecule has 0 saturated carbocycles. The fraction of sp³-hybridized carbons (Fsp3) is 1.00. The van der Waals surface area contributed by atoms with Crippen molar-refractivity contribution >= 4 is 11.8 Å². The van der Waals surface area contributed by atoms with E-state index in [-0.39, 0.29) is 16.5 Å². The zero-order chi connectivity index (χ0) is 3.54. The minimum absolute atomic E-state index is 0. The van der Waals surface area contributed by atoms with Crippen LogP contribution < -0.4 is 0 Å². The van der Waals surface area contributed by atoms with E-state index in [1.807, 2.05) is 0 Å². The van der Waals surface area contributed by atoms with Gasteiger partial charge in [-0.15, -0.1) is 0 Å². The Hall–Kier alpha value is 0.844. The topological polar surface area (TPSA) is 0 Å². The first-order valence-electron chi connectivity index (χ1n) is 2.08. The van der Waals surface area contributed by atoms with Crippen molar-refractivity contribution < 1.29 is 16.5 Å². The maximum Gasteiger partial charge on any atom is 0 e. The minimum Gasteiger partial charge on any atom is -0.162 e. The van der Waals surface area contributed by atoms with E-state index in [0.717, 1.165) is 0 Å². The van der Waals surface area contributed by atoms with Gasteiger partial charge in [-0.05, 0) is 24.3 Å². The van der Waals surface area contributed by atoms with Crippen LogP contribution in [0.1, 0.15) is 12.8 Å². The van der Waals surface area contributed by atoms with Gasteiger partial charge >= 0.3 is 0 Å². The molecule has 1 heterocycles. The quantitative estimate of drug-likeness (QED) is 0.468. The number of thioether (sulfide) groups is 1. The molecule has 0 aromatic heterocycles. The van der Waals surface area contributed by atoms with Crippen molar-refractivity contribution in [3.63, 3.8) is 0 Å². The normalized spacial score (nSPS) is 20.0. The van der Waals surface area contributed by atoms with Crippen LogP contribution in [0.3, 0.4) is 0 Å². The molecule has 0 N–H and O–H groups in total.